The molecule has 0 saturated heterocycles. The molecule has 5 heteroatoms. The number of carbonyl (C=O) groups is 1. The Morgan fingerprint density at radius 2 is 2.10 bits per heavy atom. The fourth-order valence-electron chi connectivity index (χ4n) is 1.63. The first kappa shape index (κ1) is 16.3. The lowest BCUT2D eigenvalue weighted by Crippen LogP contribution is -2.36. The van der Waals surface area contributed by atoms with E-state index >= 15 is 0 Å². The number of nitrogens with one attached hydrogen (secondary N) is 1. The number of anilines is 2. The highest BCUT2D eigenvalue weighted by molar-refractivity contribution is 5.96. The van der Waals surface area contributed by atoms with Crippen molar-refractivity contribution in [3.63, 3.8) is 0 Å². The van der Waals surface area contributed by atoms with Crippen molar-refractivity contribution in [3.8, 4) is 5.75 Å². The molecule has 1 aromatic rings. The Kier molecular flexibility index (Phi) is 5.39. The van der Waals surface area contributed by atoms with Gasteiger partial charge in [-0.1, -0.05) is 6.92 Å². The summed E-state index contributed by atoms with van der Waals surface area (Å²) in [6.45, 7) is 7.66. The minimum Gasteiger partial charge on any atom is -0.497 e. The van der Waals surface area contributed by atoms with Crippen LogP contribution in [0.3, 0.4) is 0 Å². The van der Waals surface area contributed by atoms with Gasteiger partial charge in [0.1, 0.15) is 11.9 Å². The van der Waals surface area contributed by atoms with Crippen LogP contribution in [0.15, 0.2) is 18.2 Å². The normalized spacial score (nSPS) is 12.8. The van der Waals surface area contributed by atoms with Crippen LogP contribution in [0.1, 0.15) is 34.1 Å². The van der Waals surface area contributed by atoms with Crippen LogP contribution in [0.5, 0.6) is 5.75 Å². The number of amides is 1. The van der Waals surface area contributed by atoms with Crippen molar-refractivity contribution in [3.05, 3.63) is 18.2 Å². The minimum atomic E-state index is -0.550. The molecule has 5 nitrogen and oxygen atoms in total. The number of nitrogens with two attached hydrogens (primary N) is 1. The zero-order valence-electron chi connectivity index (χ0n) is 12.8. The van der Waals surface area contributed by atoms with Gasteiger partial charge in [0.25, 0.3) is 5.91 Å². The lowest BCUT2D eigenvalue weighted by atomic mass is 10.1. The van der Waals surface area contributed by atoms with Gasteiger partial charge in [0.15, 0.2) is 0 Å². The quantitative estimate of drug-likeness (QED) is 0.786. The molecule has 0 heterocycles. The molecule has 1 amide bonds. The van der Waals surface area contributed by atoms with E-state index in [1.54, 1.807) is 32.2 Å². The van der Waals surface area contributed by atoms with Crippen LogP contribution in [-0.4, -0.2) is 24.7 Å². The topological polar surface area (TPSA) is 73.6 Å². The van der Waals surface area contributed by atoms with Gasteiger partial charge in [0.2, 0.25) is 0 Å². The molecule has 0 aliphatic rings. The summed E-state index contributed by atoms with van der Waals surface area (Å²) in [7, 11) is 1.57. The van der Waals surface area contributed by atoms with Gasteiger partial charge < -0.3 is 20.5 Å². The van der Waals surface area contributed by atoms with Gasteiger partial charge in [-0.3, -0.25) is 4.79 Å². The highest BCUT2D eigenvalue weighted by atomic mass is 16.5. The molecule has 1 unspecified atom stereocenters. The molecule has 20 heavy (non-hydrogen) atoms. The number of hydrogen-bond acceptors (Lipinski definition) is 4. The van der Waals surface area contributed by atoms with Gasteiger partial charge in [-0.15, -0.1) is 0 Å². The fourth-order valence-corrected chi connectivity index (χ4v) is 1.63. The second kappa shape index (κ2) is 6.61. The zero-order valence-corrected chi connectivity index (χ0v) is 12.8. The molecule has 112 valence electrons. The standard InChI is InChI=1S/C15H24N2O3/c1-6-15(3,4)20-10(2)14(18)17-13-8-7-11(19-5)9-12(13)16/h7-10H,6,16H2,1-5H3,(H,17,18). The van der Waals surface area contributed by atoms with Crippen LogP contribution in [0, 0.1) is 0 Å². The van der Waals surface area contributed by atoms with E-state index in [1.165, 1.54) is 0 Å². The average molecular weight is 280 g/mol. The van der Waals surface area contributed by atoms with Gasteiger partial charge in [-0.05, 0) is 39.3 Å². The lowest BCUT2D eigenvalue weighted by molar-refractivity contribution is -0.137. The Morgan fingerprint density at radius 3 is 2.60 bits per heavy atom. The van der Waals surface area contributed by atoms with Crippen molar-refractivity contribution in [2.75, 3.05) is 18.2 Å². The summed E-state index contributed by atoms with van der Waals surface area (Å²) in [6, 6.07) is 5.12. The maximum absolute atomic E-state index is 12.1. The largest absolute Gasteiger partial charge is 0.497 e. The molecule has 3 N–H and O–H groups in total. The predicted octanol–water partition coefficient (Wildman–Crippen LogP) is 2.81. The number of hydrogen-bond donors (Lipinski definition) is 2. The first-order valence-corrected chi connectivity index (χ1v) is 6.71. The molecule has 0 fully saturated rings. The summed E-state index contributed by atoms with van der Waals surface area (Å²) >= 11 is 0. The molecule has 0 aliphatic carbocycles. The number of benzene rings is 1. The van der Waals surface area contributed by atoms with E-state index in [4.69, 9.17) is 15.2 Å². The third-order valence-corrected chi connectivity index (χ3v) is 3.23. The van der Waals surface area contributed by atoms with Crippen molar-refractivity contribution in [2.24, 2.45) is 0 Å². The van der Waals surface area contributed by atoms with Gasteiger partial charge in [0, 0.05) is 6.07 Å². The van der Waals surface area contributed by atoms with Crippen LogP contribution in [0.2, 0.25) is 0 Å². The third kappa shape index (κ3) is 4.42. The SMILES string of the molecule is CCC(C)(C)OC(C)C(=O)Nc1ccc(OC)cc1N. The summed E-state index contributed by atoms with van der Waals surface area (Å²) in [4.78, 5) is 12.1. The lowest BCUT2D eigenvalue weighted by Gasteiger charge is -2.27. The van der Waals surface area contributed by atoms with E-state index in [1.807, 2.05) is 20.8 Å². The molecule has 0 saturated carbocycles. The molecule has 0 radical (unpaired) electrons. The molecular weight excluding hydrogens is 256 g/mol. The molecule has 0 aliphatic heterocycles. The molecule has 0 aromatic heterocycles. The van der Waals surface area contributed by atoms with Crippen molar-refractivity contribution >= 4 is 17.3 Å². The van der Waals surface area contributed by atoms with Crippen LogP contribution in [0.25, 0.3) is 0 Å². The smallest absolute Gasteiger partial charge is 0.253 e. The molecule has 1 atom stereocenters. The Hall–Kier alpha value is -1.75. The van der Waals surface area contributed by atoms with Crippen molar-refractivity contribution in [2.45, 2.75) is 45.8 Å². The number of ether oxygens (including phenoxy) is 2. The zero-order chi connectivity index (χ0) is 15.3. The maximum atomic E-state index is 12.1. The maximum Gasteiger partial charge on any atom is 0.253 e. The van der Waals surface area contributed by atoms with Gasteiger partial charge in [-0.2, -0.15) is 0 Å². The molecule has 1 aromatic carbocycles. The Balaban J connectivity index is 2.71. The molecule has 0 bridgehead atoms. The van der Waals surface area contributed by atoms with E-state index in [0.717, 1.165) is 6.42 Å². The van der Waals surface area contributed by atoms with Gasteiger partial charge in [0.05, 0.1) is 24.1 Å². The highest BCUT2D eigenvalue weighted by Crippen LogP contribution is 2.24. The molecular formula is C15H24N2O3. The van der Waals surface area contributed by atoms with Crippen molar-refractivity contribution in [1.29, 1.82) is 0 Å². The van der Waals surface area contributed by atoms with E-state index in [-0.39, 0.29) is 11.5 Å². The summed E-state index contributed by atoms with van der Waals surface area (Å²) in [5, 5.41) is 2.76. The Bertz CT molecular complexity index is 472. The van der Waals surface area contributed by atoms with Crippen LogP contribution in [0.4, 0.5) is 11.4 Å². The molecule has 1 rings (SSSR count). The van der Waals surface area contributed by atoms with E-state index in [2.05, 4.69) is 5.32 Å². The minimum absolute atomic E-state index is 0.219. The van der Waals surface area contributed by atoms with Gasteiger partial charge in [-0.25, -0.2) is 0 Å². The fraction of sp³-hybridized carbons (Fsp3) is 0.533. The first-order valence-electron chi connectivity index (χ1n) is 6.71. The Labute approximate surface area is 120 Å². The van der Waals surface area contributed by atoms with E-state index in [0.29, 0.717) is 17.1 Å². The molecule has 0 spiro atoms. The van der Waals surface area contributed by atoms with Crippen LogP contribution < -0.4 is 15.8 Å². The second-order valence-corrected chi connectivity index (χ2v) is 5.32. The third-order valence-electron chi connectivity index (χ3n) is 3.23. The predicted molar refractivity (Wildman–Crippen MR) is 81.0 cm³/mol. The summed E-state index contributed by atoms with van der Waals surface area (Å²) in [6.07, 6.45) is 0.279. The summed E-state index contributed by atoms with van der Waals surface area (Å²) < 4.78 is 10.8. The van der Waals surface area contributed by atoms with E-state index in [9.17, 15) is 4.79 Å². The summed E-state index contributed by atoms with van der Waals surface area (Å²) in [5.74, 6) is 0.431. The number of rotatable bonds is 6. The number of carbonyl (C=O) groups excluding carboxylic acids is 1. The van der Waals surface area contributed by atoms with E-state index < -0.39 is 6.10 Å². The Morgan fingerprint density at radius 1 is 1.45 bits per heavy atom. The van der Waals surface area contributed by atoms with Crippen molar-refractivity contribution in [1.82, 2.24) is 0 Å². The highest BCUT2D eigenvalue weighted by Gasteiger charge is 2.24. The monoisotopic (exact) mass is 280 g/mol. The van der Waals surface area contributed by atoms with Crippen LogP contribution >= 0.6 is 0 Å². The summed E-state index contributed by atoms with van der Waals surface area (Å²) in [5.41, 5.74) is 6.55. The van der Waals surface area contributed by atoms with Gasteiger partial charge >= 0.3 is 0 Å². The van der Waals surface area contributed by atoms with Crippen molar-refractivity contribution < 1.29 is 14.3 Å². The van der Waals surface area contributed by atoms with Crippen LogP contribution in [-0.2, 0) is 9.53 Å². The average Bonchev–Trinajstić information content (AvgIpc) is 2.40. The second-order valence-electron chi connectivity index (χ2n) is 5.32. The number of methoxy groups -OCH3 is 1. The number of nitrogen functional groups attached to an aromatic ring is 1. The first-order chi connectivity index (χ1) is 9.29.